The van der Waals surface area contributed by atoms with Crippen molar-refractivity contribution in [2.24, 2.45) is 0 Å². The molecule has 1 saturated heterocycles. The first kappa shape index (κ1) is 25.0. The lowest BCUT2D eigenvalue weighted by molar-refractivity contribution is -0.166. The first-order valence-electron chi connectivity index (χ1n) is 11.1. The molecule has 1 amide bonds. The smallest absolute Gasteiger partial charge is 0.408 e. The first-order valence-corrected chi connectivity index (χ1v) is 11.1. The molecule has 0 aliphatic carbocycles. The zero-order chi connectivity index (χ0) is 23.3. The van der Waals surface area contributed by atoms with E-state index in [9.17, 15) is 9.59 Å². The van der Waals surface area contributed by atoms with E-state index in [1.165, 1.54) is 0 Å². The van der Waals surface area contributed by atoms with Crippen molar-refractivity contribution >= 4 is 17.7 Å². The normalized spacial score (nSPS) is 21.5. The number of amides is 1. The van der Waals surface area contributed by atoms with Gasteiger partial charge >= 0.3 is 12.1 Å². The molecule has 2 rings (SSSR count). The van der Waals surface area contributed by atoms with Crippen LogP contribution in [0.25, 0.3) is 0 Å². The van der Waals surface area contributed by atoms with Gasteiger partial charge in [0.2, 0.25) is 0 Å². The number of hydrogen-bond acceptors (Lipinski definition) is 6. The van der Waals surface area contributed by atoms with Crippen LogP contribution in [0, 0.1) is 0 Å². The highest BCUT2D eigenvalue weighted by molar-refractivity contribution is 5.87. The summed E-state index contributed by atoms with van der Waals surface area (Å²) in [5.74, 6) is -0.529. The van der Waals surface area contributed by atoms with E-state index in [0.717, 1.165) is 30.6 Å². The number of benzene rings is 1. The van der Waals surface area contributed by atoms with Crippen molar-refractivity contribution < 1.29 is 23.8 Å². The molecule has 0 saturated carbocycles. The highest BCUT2D eigenvalue weighted by atomic mass is 16.6. The minimum Gasteiger partial charge on any atom is -0.458 e. The number of carbonyl (C=O) groups excluding carboxylic acids is 2. The zero-order valence-electron chi connectivity index (χ0n) is 20.0. The van der Waals surface area contributed by atoms with Crippen molar-refractivity contribution in [3.8, 4) is 0 Å². The third-order valence-corrected chi connectivity index (χ3v) is 4.79. The van der Waals surface area contributed by atoms with Crippen LogP contribution in [0.15, 0.2) is 24.3 Å². The van der Waals surface area contributed by atoms with Gasteiger partial charge in [0.25, 0.3) is 0 Å². The summed E-state index contributed by atoms with van der Waals surface area (Å²) < 4.78 is 17.1. The van der Waals surface area contributed by atoms with Crippen LogP contribution in [0.5, 0.6) is 0 Å². The van der Waals surface area contributed by atoms with Crippen LogP contribution < -0.4 is 10.6 Å². The molecule has 31 heavy (non-hydrogen) atoms. The summed E-state index contributed by atoms with van der Waals surface area (Å²) in [5, 5.41) is 6.17. The van der Waals surface area contributed by atoms with Gasteiger partial charge in [-0.05, 0) is 65.7 Å². The summed E-state index contributed by atoms with van der Waals surface area (Å²) >= 11 is 0. The van der Waals surface area contributed by atoms with E-state index in [4.69, 9.17) is 14.2 Å². The molecule has 7 heteroatoms. The molecule has 0 unspecified atom stereocenters. The lowest BCUT2D eigenvalue weighted by atomic mass is 9.86. The summed E-state index contributed by atoms with van der Waals surface area (Å²) in [6.07, 6.45) is 1.15. The van der Waals surface area contributed by atoms with E-state index in [1.54, 1.807) is 41.5 Å². The molecule has 0 spiro atoms. The topological polar surface area (TPSA) is 85.9 Å². The maximum atomic E-state index is 13.3. The fourth-order valence-corrected chi connectivity index (χ4v) is 3.42. The second kappa shape index (κ2) is 9.90. The molecule has 2 atom stereocenters. The molecule has 1 aliphatic heterocycles. The van der Waals surface area contributed by atoms with Gasteiger partial charge in [0.05, 0.1) is 6.61 Å². The number of carbonyl (C=O) groups is 2. The molecule has 174 valence electrons. The van der Waals surface area contributed by atoms with Crippen LogP contribution in [0.4, 0.5) is 10.5 Å². The number of esters is 1. The van der Waals surface area contributed by atoms with Crippen LogP contribution >= 0.6 is 0 Å². The predicted octanol–water partition coefficient (Wildman–Crippen LogP) is 4.97. The third kappa shape index (κ3) is 7.13. The molecule has 2 N–H and O–H groups in total. The minimum absolute atomic E-state index is 0.294. The molecule has 1 aliphatic rings. The van der Waals surface area contributed by atoms with Gasteiger partial charge in [-0.1, -0.05) is 25.5 Å². The summed E-state index contributed by atoms with van der Waals surface area (Å²) in [4.78, 5) is 26.0. The Morgan fingerprint density at radius 1 is 1.06 bits per heavy atom. The van der Waals surface area contributed by atoms with E-state index in [-0.39, 0.29) is 0 Å². The van der Waals surface area contributed by atoms with E-state index in [1.807, 2.05) is 24.3 Å². The Bertz CT molecular complexity index is 749. The Morgan fingerprint density at radius 2 is 1.68 bits per heavy atom. The Balaban J connectivity index is 2.32. The fourth-order valence-electron chi connectivity index (χ4n) is 3.42. The van der Waals surface area contributed by atoms with E-state index in [2.05, 4.69) is 17.6 Å². The molecule has 0 bridgehead atoms. The van der Waals surface area contributed by atoms with Crippen molar-refractivity contribution in [3.63, 3.8) is 0 Å². The lowest BCUT2D eigenvalue weighted by Gasteiger charge is -2.36. The van der Waals surface area contributed by atoms with E-state index < -0.39 is 34.9 Å². The molecular formula is C24H38N2O5. The number of nitrogens with one attached hydrogen (secondary N) is 2. The largest absolute Gasteiger partial charge is 0.458 e. The van der Waals surface area contributed by atoms with Gasteiger partial charge in [-0.15, -0.1) is 0 Å². The average molecular weight is 435 g/mol. The highest BCUT2D eigenvalue weighted by Gasteiger charge is 2.55. The molecule has 0 radical (unpaired) electrons. The SMILES string of the molecule is CCCCNc1ccc([C@H]2OCC[C@@]2(NC(=O)OC(C)(C)C)C(=O)OC(C)(C)C)cc1. The van der Waals surface area contributed by atoms with Crippen LogP contribution in [-0.2, 0) is 19.0 Å². The molecule has 7 nitrogen and oxygen atoms in total. The van der Waals surface area contributed by atoms with Crippen LogP contribution in [-0.4, -0.2) is 42.0 Å². The van der Waals surface area contributed by atoms with Gasteiger partial charge in [0, 0.05) is 18.7 Å². The Morgan fingerprint density at radius 3 is 2.23 bits per heavy atom. The quantitative estimate of drug-likeness (QED) is 0.466. The van der Waals surface area contributed by atoms with Crippen molar-refractivity contribution in [2.75, 3.05) is 18.5 Å². The van der Waals surface area contributed by atoms with Gasteiger partial charge in [-0.3, -0.25) is 0 Å². The van der Waals surface area contributed by atoms with Gasteiger partial charge in [0.1, 0.15) is 17.3 Å². The summed E-state index contributed by atoms with van der Waals surface area (Å²) in [6, 6.07) is 7.75. The fraction of sp³-hybridized carbons (Fsp3) is 0.667. The molecular weight excluding hydrogens is 396 g/mol. The van der Waals surface area contributed by atoms with Crippen molar-refractivity contribution in [3.05, 3.63) is 29.8 Å². The lowest BCUT2D eigenvalue weighted by Crippen LogP contribution is -2.59. The standard InChI is InChI=1S/C24H38N2O5/c1-8-9-15-25-18-12-10-17(11-13-18)19-24(14-16-29-19,20(27)30-22(2,3)4)26-21(28)31-23(5,6)7/h10-13,19,25H,8-9,14-16H2,1-7H3,(H,26,28)/t19-,24+/m1/s1. The van der Waals surface area contributed by atoms with Crippen LogP contribution in [0.2, 0.25) is 0 Å². The maximum absolute atomic E-state index is 13.3. The van der Waals surface area contributed by atoms with E-state index >= 15 is 0 Å². The number of hydrogen-bond donors (Lipinski definition) is 2. The summed E-state index contributed by atoms with van der Waals surface area (Å²) in [6.45, 7) is 14.1. The van der Waals surface area contributed by atoms with Crippen LogP contribution in [0.3, 0.4) is 0 Å². The number of rotatable bonds is 7. The third-order valence-electron chi connectivity index (χ3n) is 4.79. The number of unbranched alkanes of at least 4 members (excludes halogenated alkanes) is 1. The molecule has 0 aromatic heterocycles. The zero-order valence-corrected chi connectivity index (χ0v) is 20.0. The monoisotopic (exact) mass is 434 g/mol. The Hall–Kier alpha value is -2.28. The second-order valence-electron chi connectivity index (χ2n) is 10.0. The molecule has 1 aromatic rings. The second-order valence-corrected chi connectivity index (χ2v) is 10.0. The predicted molar refractivity (Wildman–Crippen MR) is 121 cm³/mol. The molecule has 1 aromatic carbocycles. The maximum Gasteiger partial charge on any atom is 0.408 e. The van der Waals surface area contributed by atoms with Gasteiger partial charge in [-0.2, -0.15) is 0 Å². The van der Waals surface area contributed by atoms with Gasteiger partial charge in [-0.25, -0.2) is 9.59 Å². The minimum atomic E-state index is -1.37. The van der Waals surface area contributed by atoms with Crippen molar-refractivity contribution in [1.29, 1.82) is 0 Å². The number of anilines is 1. The van der Waals surface area contributed by atoms with E-state index in [0.29, 0.717) is 13.0 Å². The summed E-state index contributed by atoms with van der Waals surface area (Å²) in [5.41, 5.74) is -0.981. The van der Waals surface area contributed by atoms with Crippen LogP contribution in [0.1, 0.15) is 79.4 Å². The molecule has 1 fully saturated rings. The summed E-state index contributed by atoms with van der Waals surface area (Å²) in [7, 11) is 0. The van der Waals surface area contributed by atoms with Crippen molar-refractivity contribution in [1.82, 2.24) is 5.32 Å². The van der Waals surface area contributed by atoms with Crippen molar-refractivity contribution in [2.45, 2.75) is 90.6 Å². The number of alkyl carbamates (subject to hydrolysis) is 1. The first-order chi connectivity index (χ1) is 14.4. The Kier molecular flexibility index (Phi) is 7.98. The highest BCUT2D eigenvalue weighted by Crippen LogP contribution is 2.40. The van der Waals surface area contributed by atoms with Gasteiger partial charge in [0.15, 0.2) is 5.54 Å². The number of ether oxygens (including phenoxy) is 3. The Labute approximate surface area is 186 Å². The average Bonchev–Trinajstić information content (AvgIpc) is 3.04. The molecule has 1 heterocycles. The van der Waals surface area contributed by atoms with Gasteiger partial charge < -0.3 is 24.8 Å².